The van der Waals surface area contributed by atoms with Crippen LogP contribution in [0.15, 0.2) is 173 Å². The van der Waals surface area contributed by atoms with Gasteiger partial charge in [0.05, 0.1) is 0 Å². The van der Waals surface area contributed by atoms with E-state index in [4.69, 9.17) is 23.8 Å². The van der Waals surface area contributed by atoms with Crippen molar-refractivity contribution in [3.8, 4) is 56.4 Å². The summed E-state index contributed by atoms with van der Waals surface area (Å²) in [4.78, 5) is 15.3. The average molecular weight is 642 g/mol. The van der Waals surface area contributed by atoms with Crippen LogP contribution in [0.4, 0.5) is 0 Å². The molecule has 0 fully saturated rings. The van der Waals surface area contributed by atoms with Crippen LogP contribution in [-0.2, 0) is 0 Å². The number of nitrogens with zero attached hydrogens (tertiary/aromatic N) is 3. The number of hydrogen-bond acceptors (Lipinski definition) is 5. The predicted octanol–water partition coefficient (Wildman–Crippen LogP) is 12.0. The van der Waals surface area contributed by atoms with E-state index < -0.39 is 0 Å². The number of furan rings is 2. The minimum atomic E-state index is 0.576. The van der Waals surface area contributed by atoms with Gasteiger partial charge in [-0.1, -0.05) is 133 Å². The van der Waals surface area contributed by atoms with Gasteiger partial charge < -0.3 is 8.83 Å². The Labute approximate surface area is 287 Å². The van der Waals surface area contributed by atoms with Gasteiger partial charge in [0.2, 0.25) is 0 Å². The van der Waals surface area contributed by atoms with Crippen LogP contribution in [0.3, 0.4) is 0 Å². The van der Waals surface area contributed by atoms with Gasteiger partial charge in [-0.15, -0.1) is 0 Å². The number of benzene rings is 7. The second kappa shape index (κ2) is 11.4. The van der Waals surface area contributed by atoms with E-state index in [1.54, 1.807) is 0 Å². The Morgan fingerprint density at radius 2 is 0.760 bits per heavy atom. The quantitative estimate of drug-likeness (QED) is 0.187. The van der Waals surface area contributed by atoms with Crippen molar-refractivity contribution in [2.24, 2.45) is 0 Å². The van der Waals surface area contributed by atoms with Crippen molar-refractivity contribution in [3.05, 3.63) is 164 Å². The van der Waals surface area contributed by atoms with Crippen LogP contribution >= 0.6 is 0 Å². The fraction of sp³-hybridized carbons (Fsp3) is 0. The van der Waals surface area contributed by atoms with Gasteiger partial charge in [-0.25, -0.2) is 15.0 Å². The summed E-state index contributed by atoms with van der Waals surface area (Å²) in [5.41, 5.74) is 10.5. The molecule has 5 heteroatoms. The lowest BCUT2D eigenvalue weighted by atomic mass is 9.99. The topological polar surface area (TPSA) is 65.0 Å². The molecule has 0 aliphatic carbocycles. The Morgan fingerprint density at radius 3 is 1.42 bits per heavy atom. The maximum Gasteiger partial charge on any atom is 0.164 e. The minimum absolute atomic E-state index is 0.576. The largest absolute Gasteiger partial charge is 0.456 e. The van der Waals surface area contributed by atoms with E-state index >= 15 is 0 Å². The van der Waals surface area contributed by atoms with E-state index in [-0.39, 0.29) is 0 Å². The Kier molecular flexibility index (Phi) is 6.42. The van der Waals surface area contributed by atoms with Gasteiger partial charge in [-0.05, 0) is 52.6 Å². The van der Waals surface area contributed by atoms with Crippen LogP contribution in [0.5, 0.6) is 0 Å². The summed E-state index contributed by atoms with van der Waals surface area (Å²) in [5.74, 6) is 1.76. The third kappa shape index (κ3) is 4.67. The van der Waals surface area contributed by atoms with Crippen molar-refractivity contribution in [2.75, 3.05) is 0 Å². The molecule has 0 spiro atoms. The number of rotatable bonds is 5. The van der Waals surface area contributed by atoms with Crippen LogP contribution in [0.25, 0.3) is 100 Å². The molecule has 10 aromatic rings. The van der Waals surface area contributed by atoms with Crippen LogP contribution in [-0.4, -0.2) is 15.0 Å². The van der Waals surface area contributed by atoms with Gasteiger partial charge in [0.15, 0.2) is 17.5 Å². The van der Waals surface area contributed by atoms with Gasteiger partial charge in [0, 0.05) is 38.2 Å². The van der Waals surface area contributed by atoms with Crippen LogP contribution < -0.4 is 0 Å². The van der Waals surface area contributed by atoms with Crippen LogP contribution in [0.1, 0.15) is 0 Å². The van der Waals surface area contributed by atoms with Crippen molar-refractivity contribution in [1.29, 1.82) is 0 Å². The van der Waals surface area contributed by atoms with E-state index in [0.717, 1.165) is 71.7 Å². The van der Waals surface area contributed by atoms with Gasteiger partial charge >= 0.3 is 0 Å². The Balaban J connectivity index is 1.14. The Hall–Kier alpha value is -6.85. The third-order valence-corrected chi connectivity index (χ3v) is 9.37. The first kappa shape index (κ1) is 28.2. The van der Waals surface area contributed by atoms with Gasteiger partial charge in [0.25, 0.3) is 0 Å². The van der Waals surface area contributed by atoms with E-state index in [1.165, 1.54) is 11.1 Å². The second-order valence-electron chi connectivity index (χ2n) is 12.4. The van der Waals surface area contributed by atoms with Crippen molar-refractivity contribution >= 4 is 43.9 Å². The molecule has 0 N–H and O–H groups in total. The summed E-state index contributed by atoms with van der Waals surface area (Å²) in [6.45, 7) is 0. The highest BCUT2D eigenvalue weighted by Crippen LogP contribution is 2.40. The molecule has 0 amide bonds. The zero-order valence-electron chi connectivity index (χ0n) is 26.7. The lowest BCUT2D eigenvalue weighted by molar-refractivity contribution is 0.668. The third-order valence-electron chi connectivity index (χ3n) is 9.37. The Morgan fingerprint density at radius 1 is 0.300 bits per heavy atom. The van der Waals surface area contributed by atoms with Crippen molar-refractivity contribution in [1.82, 2.24) is 15.0 Å². The normalized spacial score (nSPS) is 11.6. The molecule has 5 nitrogen and oxygen atoms in total. The zero-order valence-corrected chi connectivity index (χ0v) is 26.7. The fourth-order valence-corrected chi connectivity index (χ4v) is 6.97. The summed E-state index contributed by atoms with van der Waals surface area (Å²) in [5, 5.41) is 3.98. The van der Waals surface area contributed by atoms with E-state index in [9.17, 15) is 0 Å². The molecular formula is C45H27N3O2. The first-order valence-corrected chi connectivity index (χ1v) is 16.6. The summed E-state index contributed by atoms with van der Waals surface area (Å²) in [6.07, 6.45) is 0. The number of hydrogen-bond donors (Lipinski definition) is 0. The molecule has 0 saturated carbocycles. The number of fused-ring (bicyclic) bond motifs is 6. The van der Waals surface area contributed by atoms with Crippen molar-refractivity contribution in [2.45, 2.75) is 0 Å². The van der Waals surface area contributed by atoms with Crippen LogP contribution in [0, 0.1) is 0 Å². The molecular weight excluding hydrogens is 615 g/mol. The molecule has 0 aliphatic heterocycles. The molecule has 0 saturated heterocycles. The first-order valence-electron chi connectivity index (χ1n) is 16.6. The monoisotopic (exact) mass is 641 g/mol. The molecule has 0 atom stereocenters. The zero-order chi connectivity index (χ0) is 33.0. The van der Waals surface area contributed by atoms with E-state index in [2.05, 4.69) is 84.9 Å². The van der Waals surface area contributed by atoms with Gasteiger partial charge in [-0.3, -0.25) is 0 Å². The lowest BCUT2D eigenvalue weighted by Gasteiger charge is -2.10. The summed E-state index contributed by atoms with van der Waals surface area (Å²) in [6, 6.07) is 55.7. The number of aromatic nitrogens is 3. The van der Waals surface area contributed by atoms with Gasteiger partial charge in [0.1, 0.15) is 22.3 Å². The molecule has 3 aromatic heterocycles. The maximum absolute atomic E-state index is 6.51. The number of para-hydroxylation sites is 1. The van der Waals surface area contributed by atoms with Crippen molar-refractivity contribution in [3.63, 3.8) is 0 Å². The summed E-state index contributed by atoms with van der Waals surface area (Å²) >= 11 is 0. The molecule has 7 aromatic carbocycles. The minimum Gasteiger partial charge on any atom is -0.456 e. The average Bonchev–Trinajstić information content (AvgIpc) is 3.77. The van der Waals surface area contributed by atoms with E-state index in [1.807, 2.05) is 78.9 Å². The highest BCUT2D eigenvalue weighted by atomic mass is 16.3. The Bertz CT molecular complexity index is 2850. The molecule has 50 heavy (non-hydrogen) atoms. The molecule has 234 valence electrons. The van der Waals surface area contributed by atoms with Gasteiger partial charge in [-0.2, -0.15) is 0 Å². The highest BCUT2D eigenvalue weighted by molar-refractivity contribution is 6.13. The van der Waals surface area contributed by atoms with Crippen molar-refractivity contribution < 1.29 is 8.83 Å². The molecule has 3 heterocycles. The SMILES string of the molecule is c1ccc(-c2ccc(-c3ccc4c(c3)oc3cccc(-c5nc(-c6ccccc6)nc(-c6cccc7oc8ccccc8c67)n5)c34)cc2)cc1. The molecule has 0 aliphatic rings. The lowest BCUT2D eigenvalue weighted by Crippen LogP contribution is -2.00. The van der Waals surface area contributed by atoms with Crippen LogP contribution in [0.2, 0.25) is 0 Å². The molecule has 0 unspecified atom stereocenters. The molecule has 0 bridgehead atoms. The standard InChI is InChI=1S/C45H27N3O2/c1-3-11-28(12-4-1)29-21-23-30(24-22-29)32-25-26-34-40(27-32)50-39-20-10-17-36(42(34)39)45-47-43(31-13-5-2-6-14-31)46-44(48-45)35-16-9-19-38-41(35)33-15-7-8-18-37(33)49-38/h1-27H. The maximum atomic E-state index is 6.51. The smallest absolute Gasteiger partial charge is 0.164 e. The fourth-order valence-electron chi connectivity index (χ4n) is 6.97. The molecule has 0 radical (unpaired) electrons. The second-order valence-corrected chi connectivity index (χ2v) is 12.4. The molecule has 10 rings (SSSR count). The highest BCUT2D eigenvalue weighted by Gasteiger charge is 2.20. The summed E-state index contributed by atoms with van der Waals surface area (Å²) < 4.78 is 12.7. The van der Waals surface area contributed by atoms with E-state index in [0.29, 0.717) is 17.5 Å². The predicted molar refractivity (Wildman–Crippen MR) is 202 cm³/mol. The first-order chi connectivity index (χ1) is 24.8. The summed E-state index contributed by atoms with van der Waals surface area (Å²) in [7, 11) is 0.